The number of aromatic nitrogens is 1. The van der Waals surface area contributed by atoms with Crippen LogP contribution in [0.25, 0.3) is 22.5 Å². The molecule has 0 aliphatic carbocycles. The summed E-state index contributed by atoms with van der Waals surface area (Å²) in [6.45, 7) is 2.56. The van der Waals surface area contributed by atoms with Crippen molar-refractivity contribution >= 4 is 23.6 Å². The number of amides is 1. The van der Waals surface area contributed by atoms with E-state index in [1.54, 1.807) is 18.5 Å². The molecule has 0 spiro atoms. The smallest absolute Gasteiger partial charge is 0.548 e. The van der Waals surface area contributed by atoms with E-state index < -0.39 is 17.9 Å². The van der Waals surface area contributed by atoms with Crippen molar-refractivity contribution in [3.05, 3.63) is 102 Å². The monoisotopic (exact) mass is 536 g/mol. The molecule has 0 aliphatic heterocycles. The predicted molar refractivity (Wildman–Crippen MR) is 146 cm³/mol. The first-order valence-corrected chi connectivity index (χ1v) is 13.6. The Morgan fingerprint density at radius 3 is 2.59 bits per heavy atom. The molecule has 4 rings (SSSR count). The molecule has 7 nitrogen and oxygen atoms in total. The minimum atomic E-state index is -1.29. The van der Waals surface area contributed by atoms with Crippen LogP contribution in [-0.4, -0.2) is 34.9 Å². The largest absolute Gasteiger partial charge is 1.00 e. The van der Waals surface area contributed by atoms with Gasteiger partial charge in [0, 0.05) is 23.5 Å². The fraction of sp³-hybridized carbons (Fsp3) is 0.233. The molecule has 0 saturated heterocycles. The van der Waals surface area contributed by atoms with E-state index in [4.69, 9.17) is 9.15 Å². The standard InChI is InChI=1S/C30H30N2O5S.Li/c1-20-6-3-4-8-24(20)26-16-21(9-11-25(26)29(33)32-27(30(34)35)13-15-38-2)18-36-19-23-10-12-28(37-23)22-7-5-14-31-17-22;/h3-12,14,16-17,27H,13,15,18-19H2,1-2H3,(H,32,33)(H,34,35);/q;+1/p-1/t27-;/m0./s1. The van der Waals surface area contributed by atoms with Crippen molar-refractivity contribution in [2.45, 2.75) is 32.6 Å². The van der Waals surface area contributed by atoms with Gasteiger partial charge in [-0.1, -0.05) is 30.3 Å². The predicted octanol–water partition coefficient (Wildman–Crippen LogP) is 1.64. The Hall–Kier alpha value is -3.28. The number of nitrogens with one attached hydrogen (secondary N) is 1. The molecule has 0 fully saturated rings. The molecule has 1 atom stereocenters. The second-order valence-corrected chi connectivity index (χ2v) is 9.81. The number of aliphatic carboxylic acids is 1. The van der Waals surface area contributed by atoms with E-state index in [1.165, 1.54) is 11.8 Å². The molecule has 0 bridgehead atoms. The van der Waals surface area contributed by atoms with Crippen LogP contribution < -0.4 is 29.3 Å². The van der Waals surface area contributed by atoms with Crippen LogP contribution in [-0.2, 0) is 22.7 Å². The molecule has 2 aromatic heterocycles. The van der Waals surface area contributed by atoms with Gasteiger partial charge in [0.05, 0.1) is 18.6 Å². The Bertz CT molecular complexity index is 1390. The number of nitrogens with zero attached hydrogens (tertiary/aromatic N) is 1. The number of furan rings is 1. The quantitative estimate of drug-likeness (QED) is 0.275. The van der Waals surface area contributed by atoms with Crippen LogP contribution in [0.3, 0.4) is 0 Å². The maximum atomic E-state index is 13.2. The summed E-state index contributed by atoms with van der Waals surface area (Å²) < 4.78 is 11.8. The van der Waals surface area contributed by atoms with E-state index in [-0.39, 0.29) is 31.9 Å². The molecular formula is C30H29LiN2O5S. The molecule has 1 N–H and O–H groups in total. The molecule has 39 heavy (non-hydrogen) atoms. The van der Waals surface area contributed by atoms with Gasteiger partial charge in [-0.3, -0.25) is 9.78 Å². The summed E-state index contributed by atoms with van der Waals surface area (Å²) in [5, 5.41) is 14.2. The molecule has 1 amide bonds. The van der Waals surface area contributed by atoms with Crippen molar-refractivity contribution < 1.29 is 42.7 Å². The van der Waals surface area contributed by atoms with E-state index in [0.717, 1.165) is 28.0 Å². The first-order chi connectivity index (χ1) is 18.5. The summed E-state index contributed by atoms with van der Waals surface area (Å²) in [6, 6.07) is 19.7. The molecule has 0 aliphatic rings. The van der Waals surface area contributed by atoms with Crippen molar-refractivity contribution in [3.8, 4) is 22.5 Å². The summed E-state index contributed by atoms with van der Waals surface area (Å²) in [4.78, 5) is 28.9. The van der Waals surface area contributed by atoms with E-state index >= 15 is 0 Å². The number of carboxylic acids is 1. The van der Waals surface area contributed by atoms with Gasteiger partial charge in [-0.15, -0.1) is 0 Å². The number of carbonyl (C=O) groups excluding carboxylic acids is 2. The number of pyridine rings is 1. The van der Waals surface area contributed by atoms with Crippen LogP contribution in [0.2, 0.25) is 0 Å². The Morgan fingerprint density at radius 1 is 1.05 bits per heavy atom. The van der Waals surface area contributed by atoms with Gasteiger partial charge in [-0.05, 0) is 84.0 Å². The van der Waals surface area contributed by atoms with Crippen LogP contribution in [0, 0.1) is 6.92 Å². The first-order valence-electron chi connectivity index (χ1n) is 12.2. The number of benzene rings is 2. The van der Waals surface area contributed by atoms with Gasteiger partial charge in [-0.2, -0.15) is 11.8 Å². The number of ether oxygens (including phenoxy) is 1. The van der Waals surface area contributed by atoms with Crippen LogP contribution >= 0.6 is 11.8 Å². The fourth-order valence-corrected chi connectivity index (χ4v) is 4.56. The van der Waals surface area contributed by atoms with Gasteiger partial charge in [-0.25, -0.2) is 0 Å². The molecule has 0 unspecified atom stereocenters. The zero-order valence-corrected chi connectivity index (χ0v) is 23.1. The SMILES string of the molecule is CSCC[C@H](NC(=O)c1ccc(COCc2ccc(-c3cccnc3)o2)cc1-c1ccccc1C)C(=O)[O-].[Li+]. The average Bonchev–Trinajstić information content (AvgIpc) is 3.40. The number of rotatable bonds is 12. The number of carboxylic acid groups (broad SMARTS) is 1. The minimum Gasteiger partial charge on any atom is -0.548 e. The first kappa shape index (κ1) is 30.3. The Kier molecular flexibility index (Phi) is 11.5. The van der Waals surface area contributed by atoms with E-state index in [1.807, 2.05) is 73.8 Å². The average molecular weight is 537 g/mol. The van der Waals surface area contributed by atoms with E-state index in [0.29, 0.717) is 29.2 Å². The van der Waals surface area contributed by atoms with Gasteiger partial charge in [0.25, 0.3) is 5.91 Å². The number of carbonyl (C=O) groups is 2. The van der Waals surface area contributed by atoms with E-state index in [2.05, 4.69) is 10.3 Å². The van der Waals surface area contributed by atoms with Crippen LogP contribution in [0.4, 0.5) is 0 Å². The molecular weight excluding hydrogens is 507 g/mol. The topological polar surface area (TPSA) is 104 Å². The number of aryl methyl sites for hydroxylation is 1. The second-order valence-electron chi connectivity index (χ2n) is 8.82. The summed E-state index contributed by atoms with van der Waals surface area (Å²) in [6.07, 6.45) is 5.63. The van der Waals surface area contributed by atoms with Crippen LogP contribution in [0.5, 0.6) is 0 Å². The zero-order chi connectivity index (χ0) is 26.9. The molecule has 2 aromatic carbocycles. The third-order valence-corrected chi connectivity index (χ3v) is 6.73. The second kappa shape index (κ2) is 14.8. The van der Waals surface area contributed by atoms with Crippen LogP contribution in [0.15, 0.2) is 83.5 Å². The number of thioether (sulfide) groups is 1. The number of hydrogen-bond acceptors (Lipinski definition) is 7. The van der Waals surface area contributed by atoms with Crippen molar-refractivity contribution in [3.63, 3.8) is 0 Å². The van der Waals surface area contributed by atoms with Crippen LogP contribution in [0.1, 0.15) is 33.7 Å². The van der Waals surface area contributed by atoms with Crippen molar-refractivity contribution in [1.29, 1.82) is 0 Å². The van der Waals surface area contributed by atoms with Gasteiger partial charge in [0.15, 0.2) is 0 Å². The van der Waals surface area contributed by atoms with Gasteiger partial charge in [0.2, 0.25) is 0 Å². The maximum absolute atomic E-state index is 13.2. The molecule has 196 valence electrons. The molecule has 0 radical (unpaired) electrons. The normalized spacial score (nSPS) is 11.4. The molecule has 0 saturated carbocycles. The summed E-state index contributed by atoms with van der Waals surface area (Å²) >= 11 is 1.51. The van der Waals surface area contributed by atoms with Crippen molar-refractivity contribution in [2.75, 3.05) is 12.0 Å². The molecule has 9 heteroatoms. The fourth-order valence-electron chi connectivity index (χ4n) is 4.09. The third-order valence-electron chi connectivity index (χ3n) is 6.09. The van der Waals surface area contributed by atoms with Crippen molar-refractivity contribution in [1.82, 2.24) is 10.3 Å². The molecule has 2 heterocycles. The van der Waals surface area contributed by atoms with Gasteiger partial charge in [0.1, 0.15) is 18.1 Å². The minimum absolute atomic E-state index is 0. The number of hydrogen-bond donors (Lipinski definition) is 1. The summed E-state index contributed by atoms with van der Waals surface area (Å²) in [5.74, 6) is 0.266. The molecule has 4 aromatic rings. The summed E-state index contributed by atoms with van der Waals surface area (Å²) in [7, 11) is 0. The maximum Gasteiger partial charge on any atom is 1.00 e. The Balaban J connectivity index is 0.00000420. The Labute approximate surface area is 244 Å². The van der Waals surface area contributed by atoms with E-state index in [9.17, 15) is 14.7 Å². The van der Waals surface area contributed by atoms with Gasteiger partial charge < -0.3 is 24.4 Å². The zero-order valence-electron chi connectivity index (χ0n) is 22.3. The van der Waals surface area contributed by atoms with Crippen molar-refractivity contribution in [2.24, 2.45) is 0 Å². The summed E-state index contributed by atoms with van der Waals surface area (Å²) in [5.41, 5.74) is 4.76. The van der Waals surface area contributed by atoms with Gasteiger partial charge >= 0.3 is 18.9 Å². The Morgan fingerprint density at radius 2 is 1.87 bits per heavy atom. The third kappa shape index (κ3) is 8.10.